The van der Waals surface area contributed by atoms with Crippen molar-refractivity contribution in [3.8, 4) is 0 Å². The van der Waals surface area contributed by atoms with E-state index in [9.17, 15) is 9.59 Å². The van der Waals surface area contributed by atoms with Crippen LogP contribution < -0.4 is 5.56 Å². The van der Waals surface area contributed by atoms with Crippen molar-refractivity contribution in [1.29, 1.82) is 0 Å². The SMILES string of the molecule is CCCCc1nc(C(C)C(=O)O)c(C)[nH]c1=O. The molecule has 5 nitrogen and oxygen atoms in total. The number of aryl methyl sites for hydroxylation is 2. The van der Waals surface area contributed by atoms with Crippen molar-refractivity contribution in [2.75, 3.05) is 0 Å². The lowest BCUT2D eigenvalue weighted by Crippen LogP contribution is -2.22. The Bertz CT molecular complexity index is 465. The summed E-state index contributed by atoms with van der Waals surface area (Å²) in [6, 6.07) is 0. The molecule has 0 bridgehead atoms. The van der Waals surface area contributed by atoms with Gasteiger partial charge in [-0.25, -0.2) is 4.98 Å². The Morgan fingerprint density at radius 2 is 2.18 bits per heavy atom. The number of hydrogen-bond acceptors (Lipinski definition) is 3. The molecule has 0 spiro atoms. The molecule has 1 rings (SSSR count). The molecule has 0 aliphatic carbocycles. The van der Waals surface area contributed by atoms with Crippen molar-refractivity contribution in [2.24, 2.45) is 0 Å². The van der Waals surface area contributed by atoms with Gasteiger partial charge in [0, 0.05) is 5.69 Å². The highest BCUT2D eigenvalue weighted by atomic mass is 16.4. The number of nitrogens with one attached hydrogen (secondary N) is 1. The third-order valence-electron chi connectivity index (χ3n) is 2.75. The highest BCUT2D eigenvalue weighted by Gasteiger charge is 2.19. The fourth-order valence-corrected chi connectivity index (χ4v) is 1.64. The number of carbonyl (C=O) groups is 1. The molecule has 1 aromatic rings. The molecule has 0 aliphatic rings. The summed E-state index contributed by atoms with van der Waals surface area (Å²) in [6.45, 7) is 5.27. The molecule has 0 saturated heterocycles. The summed E-state index contributed by atoms with van der Waals surface area (Å²) in [4.78, 5) is 29.4. The Morgan fingerprint density at radius 1 is 1.53 bits per heavy atom. The van der Waals surface area contributed by atoms with Crippen molar-refractivity contribution in [1.82, 2.24) is 9.97 Å². The smallest absolute Gasteiger partial charge is 0.312 e. The molecular weight excluding hydrogens is 220 g/mol. The minimum atomic E-state index is -0.936. The maximum absolute atomic E-state index is 11.6. The Labute approximate surface area is 99.9 Å². The molecule has 2 N–H and O–H groups in total. The fraction of sp³-hybridized carbons (Fsp3) is 0.583. The van der Waals surface area contributed by atoms with Crippen LogP contribution in [0.2, 0.25) is 0 Å². The van der Waals surface area contributed by atoms with Crippen molar-refractivity contribution < 1.29 is 9.90 Å². The first kappa shape index (κ1) is 13.4. The summed E-state index contributed by atoms with van der Waals surface area (Å²) in [7, 11) is 0. The number of H-pyrrole nitrogens is 1. The lowest BCUT2D eigenvalue weighted by atomic mass is 10.1. The van der Waals surface area contributed by atoms with E-state index in [1.165, 1.54) is 0 Å². The second-order valence-electron chi connectivity index (χ2n) is 4.19. The monoisotopic (exact) mass is 238 g/mol. The Hall–Kier alpha value is -1.65. The largest absolute Gasteiger partial charge is 0.481 e. The minimum Gasteiger partial charge on any atom is -0.481 e. The number of rotatable bonds is 5. The van der Waals surface area contributed by atoms with Crippen LogP contribution in [0.15, 0.2) is 4.79 Å². The highest BCUT2D eigenvalue weighted by Crippen LogP contribution is 2.15. The number of aromatic nitrogens is 2. The first-order valence-electron chi connectivity index (χ1n) is 5.79. The maximum Gasteiger partial charge on any atom is 0.312 e. The van der Waals surface area contributed by atoms with Gasteiger partial charge in [0.2, 0.25) is 0 Å². The van der Waals surface area contributed by atoms with Gasteiger partial charge in [-0.15, -0.1) is 0 Å². The summed E-state index contributed by atoms with van der Waals surface area (Å²) in [6.07, 6.45) is 2.43. The number of carboxylic acids is 1. The van der Waals surface area contributed by atoms with Crippen LogP contribution in [0.5, 0.6) is 0 Å². The summed E-state index contributed by atoms with van der Waals surface area (Å²) in [5, 5.41) is 8.96. The average Bonchev–Trinajstić information content (AvgIpc) is 2.27. The molecule has 17 heavy (non-hydrogen) atoms. The van der Waals surface area contributed by atoms with Crippen molar-refractivity contribution in [3.63, 3.8) is 0 Å². The van der Waals surface area contributed by atoms with Crippen molar-refractivity contribution >= 4 is 5.97 Å². The van der Waals surface area contributed by atoms with Gasteiger partial charge in [0.05, 0.1) is 11.6 Å². The summed E-state index contributed by atoms with van der Waals surface area (Å²) in [5.74, 6) is -1.64. The van der Waals surface area contributed by atoms with Gasteiger partial charge in [-0.3, -0.25) is 9.59 Å². The molecule has 5 heteroatoms. The molecular formula is C12H18N2O3. The van der Waals surface area contributed by atoms with E-state index in [2.05, 4.69) is 9.97 Å². The summed E-state index contributed by atoms with van der Waals surface area (Å²) in [5.41, 5.74) is 1.20. The molecule has 0 saturated carbocycles. The van der Waals surface area contributed by atoms with E-state index in [4.69, 9.17) is 5.11 Å². The van der Waals surface area contributed by atoms with Crippen LogP contribution in [0.4, 0.5) is 0 Å². The zero-order valence-electron chi connectivity index (χ0n) is 10.4. The Kier molecular flexibility index (Phi) is 4.43. The third-order valence-corrected chi connectivity index (χ3v) is 2.75. The van der Waals surface area contributed by atoms with Gasteiger partial charge in [-0.2, -0.15) is 0 Å². The van der Waals surface area contributed by atoms with Crippen molar-refractivity contribution in [3.05, 3.63) is 27.4 Å². The first-order valence-corrected chi connectivity index (χ1v) is 5.79. The van der Waals surface area contributed by atoms with Crippen LogP contribution in [0.1, 0.15) is 49.7 Å². The molecule has 0 aromatic carbocycles. The van der Waals surface area contributed by atoms with Crippen molar-refractivity contribution in [2.45, 2.75) is 46.0 Å². The summed E-state index contributed by atoms with van der Waals surface area (Å²) >= 11 is 0. The van der Waals surface area contributed by atoms with Gasteiger partial charge in [-0.05, 0) is 26.7 Å². The second kappa shape index (κ2) is 5.61. The maximum atomic E-state index is 11.6. The van der Waals surface area contributed by atoms with Gasteiger partial charge < -0.3 is 10.1 Å². The molecule has 1 heterocycles. The zero-order chi connectivity index (χ0) is 13.0. The molecule has 1 unspecified atom stereocenters. The van der Waals surface area contributed by atoms with E-state index in [1.807, 2.05) is 6.92 Å². The molecule has 0 aliphatic heterocycles. The van der Waals surface area contributed by atoms with Crippen LogP contribution in [0.25, 0.3) is 0 Å². The molecule has 94 valence electrons. The summed E-state index contributed by atoms with van der Waals surface area (Å²) < 4.78 is 0. The van der Waals surface area contributed by atoms with E-state index < -0.39 is 11.9 Å². The third kappa shape index (κ3) is 3.15. The lowest BCUT2D eigenvalue weighted by Gasteiger charge is -2.10. The quantitative estimate of drug-likeness (QED) is 0.816. The predicted molar refractivity (Wildman–Crippen MR) is 64.3 cm³/mol. The Morgan fingerprint density at radius 3 is 2.71 bits per heavy atom. The second-order valence-corrected chi connectivity index (χ2v) is 4.19. The van der Waals surface area contributed by atoms with Crippen LogP contribution >= 0.6 is 0 Å². The fourth-order valence-electron chi connectivity index (χ4n) is 1.64. The number of unbranched alkanes of at least 4 members (excludes halogenated alkanes) is 1. The Balaban J connectivity index is 3.14. The van der Waals surface area contributed by atoms with Gasteiger partial charge in [0.15, 0.2) is 0 Å². The predicted octanol–water partition coefficient (Wildman–Crippen LogP) is 1.61. The van der Waals surface area contributed by atoms with Crippen LogP contribution in [0, 0.1) is 6.92 Å². The first-order chi connectivity index (χ1) is 7.97. The van der Waals surface area contributed by atoms with Gasteiger partial charge in [-0.1, -0.05) is 13.3 Å². The molecule has 1 atom stereocenters. The van der Waals surface area contributed by atoms with E-state index in [-0.39, 0.29) is 5.56 Å². The van der Waals surface area contributed by atoms with E-state index in [0.29, 0.717) is 23.5 Å². The molecule has 0 amide bonds. The highest BCUT2D eigenvalue weighted by molar-refractivity contribution is 5.75. The van der Waals surface area contributed by atoms with E-state index in [1.54, 1.807) is 13.8 Å². The minimum absolute atomic E-state index is 0.211. The van der Waals surface area contributed by atoms with Crippen LogP contribution in [0.3, 0.4) is 0 Å². The van der Waals surface area contributed by atoms with Gasteiger partial charge in [0.1, 0.15) is 5.69 Å². The number of nitrogens with zero attached hydrogens (tertiary/aromatic N) is 1. The molecule has 1 aromatic heterocycles. The number of hydrogen-bond donors (Lipinski definition) is 2. The molecule has 0 radical (unpaired) electrons. The lowest BCUT2D eigenvalue weighted by molar-refractivity contribution is -0.138. The standard InChI is InChI=1S/C12H18N2O3/c1-4-5-6-9-11(15)13-8(3)10(14-9)7(2)12(16)17/h7H,4-6H2,1-3H3,(H,13,15)(H,16,17). The van der Waals surface area contributed by atoms with E-state index in [0.717, 1.165) is 12.8 Å². The van der Waals surface area contributed by atoms with Gasteiger partial charge in [0.25, 0.3) is 5.56 Å². The van der Waals surface area contributed by atoms with Crippen LogP contribution in [-0.2, 0) is 11.2 Å². The zero-order valence-corrected chi connectivity index (χ0v) is 10.4. The van der Waals surface area contributed by atoms with Gasteiger partial charge >= 0.3 is 5.97 Å². The van der Waals surface area contributed by atoms with Crippen LogP contribution in [-0.4, -0.2) is 21.0 Å². The normalized spacial score (nSPS) is 12.4. The topological polar surface area (TPSA) is 83.0 Å². The van der Waals surface area contributed by atoms with E-state index >= 15 is 0 Å². The average molecular weight is 238 g/mol. The molecule has 0 fully saturated rings. The number of aromatic amines is 1. The number of aliphatic carboxylic acids is 1. The number of carboxylic acid groups (broad SMARTS) is 1.